The van der Waals surface area contributed by atoms with Crippen molar-refractivity contribution in [1.29, 1.82) is 0 Å². The third-order valence-electron chi connectivity index (χ3n) is 4.40. The number of aromatic amines is 1. The molecule has 1 aromatic heterocycles. The minimum atomic E-state index is -0.204. The van der Waals surface area contributed by atoms with E-state index in [4.69, 9.17) is 16.3 Å². The van der Waals surface area contributed by atoms with Gasteiger partial charge in [0.1, 0.15) is 0 Å². The number of ether oxygens (including phenoxy) is 1. The highest BCUT2D eigenvalue weighted by molar-refractivity contribution is 6.31. The second-order valence-electron chi connectivity index (χ2n) is 6.19. The molecule has 1 aromatic carbocycles. The molecule has 0 fully saturated rings. The molecule has 0 atom stereocenters. The van der Waals surface area contributed by atoms with Crippen LogP contribution in [0.25, 0.3) is 17.0 Å². The van der Waals surface area contributed by atoms with Gasteiger partial charge in [-0.05, 0) is 62.5 Å². The lowest BCUT2D eigenvalue weighted by Crippen LogP contribution is -2.30. The summed E-state index contributed by atoms with van der Waals surface area (Å²) in [4.78, 5) is 17.8. The molecule has 0 spiro atoms. The highest BCUT2D eigenvalue weighted by Gasteiger charge is 2.08. The van der Waals surface area contributed by atoms with Crippen LogP contribution in [0.15, 0.2) is 42.2 Å². The number of aromatic nitrogens is 1. The maximum atomic E-state index is 12.2. The molecule has 1 heterocycles. The number of methoxy groups -OCH3 is 1. The average molecular weight is 390 g/mol. The zero-order valence-electron chi connectivity index (χ0n) is 16.2. The van der Waals surface area contributed by atoms with Crippen LogP contribution in [0.2, 0.25) is 5.02 Å². The fourth-order valence-corrected chi connectivity index (χ4v) is 3.00. The smallest absolute Gasteiger partial charge is 0.286 e. The minimum Gasteiger partial charge on any atom is -0.491 e. The Bertz CT molecular complexity index is 807. The van der Waals surface area contributed by atoms with E-state index in [0.717, 1.165) is 42.7 Å². The Labute approximate surface area is 166 Å². The Morgan fingerprint density at radius 1 is 1.30 bits per heavy atom. The van der Waals surface area contributed by atoms with Crippen LogP contribution in [0.3, 0.4) is 0 Å². The molecule has 6 heteroatoms. The Morgan fingerprint density at radius 3 is 2.78 bits per heavy atom. The van der Waals surface area contributed by atoms with Crippen LogP contribution in [0.5, 0.6) is 0 Å². The number of H-pyrrole nitrogens is 1. The van der Waals surface area contributed by atoms with Crippen LogP contribution in [-0.2, 0) is 9.53 Å². The van der Waals surface area contributed by atoms with Crippen molar-refractivity contribution in [1.82, 2.24) is 15.2 Å². The summed E-state index contributed by atoms with van der Waals surface area (Å²) in [5, 5.41) is 4.65. The zero-order chi connectivity index (χ0) is 19.6. The molecular weight excluding hydrogens is 362 g/mol. The van der Waals surface area contributed by atoms with Crippen LogP contribution >= 0.6 is 11.6 Å². The van der Waals surface area contributed by atoms with Crippen molar-refractivity contribution in [2.45, 2.75) is 20.3 Å². The van der Waals surface area contributed by atoms with E-state index >= 15 is 0 Å². The van der Waals surface area contributed by atoms with E-state index in [1.807, 2.05) is 30.3 Å². The first kappa shape index (κ1) is 21.1. The Hall–Kier alpha value is -2.24. The summed E-state index contributed by atoms with van der Waals surface area (Å²) in [6.07, 6.45) is 6.26. The van der Waals surface area contributed by atoms with Crippen molar-refractivity contribution in [3.05, 3.63) is 52.9 Å². The summed E-state index contributed by atoms with van der Waals surface area (Å²) in [7, 11) is 1.50. The van der Waals surface area contributed by atoms with Gasteiger partial charge >= 0.3 is 0 Å². The van der Waals surface area contributed by atoms with Crippen LogP contribution in [0.1, 0.15) is 26.0 Å². The summed E-state index contributed by atoms with van der Waals surface area (Å²) in [5.74, 6) is 0.0818. The van der Waals surface area contributed by atoms with Crippen molar-refractivity contribution < 1.29 is 9.53 Å². The summed E-state index contributed by atoms with van der Waals surface area (Å²) in [6.45, 7) is 7.94. The van der Waals surface area contributed by atoms with E-state index in [2.05, 4.69) is 29.0 Å². The summed E-state index contributed by atoms with van der Waals surface area (Å²) in [5.41, 5.74) is 1.94. The van der Waals surface area contributed by atoms with E-state index in [9.17, 15) is 4.79 Å². The average Bonchev–Trinajstić information content (AvgIpc) is 3.07. The topological polar surface area (TPSA) is 57.4 Å². The highest BCUT2D eigenvalue weighted by Crippen LogP contribution is 2.20. The Balaban J connectivity index is 1.89. The molecule has 0 bridgehead atoms. The number of allylic oxidation sites excluding steroid dienone is 2. The lowest BCUT2D eigenvalue weighted by Gasteiger charge is -2.17. The molecule has 2 rings (SSSR count). The standard InChI is InChI=1S/C21H28ClN3O2/c1-4-25(5-2)13-7-12-23-21(26)20(27-3)9-6-8-18-15-16-14-17(22)10-11-19(16)24-18/h6,8-11,14-15,24H,4-5,7,12-13H2,1-3H3,(H,23,26)/b8-6+,20-9-. The van der Waals surface area contributed by atoms with E-state index in [0.29, 0.717) is 11.6 Å². The molecule has 0 radical (unpaired) electrons. The van der Waals surface area contributed by atoms with Gasteiger partial charge in [-0.25, -0.2) is 0 Å². The van der Waals surface area contributed by atoms with E-state index in [1.165, 1.54) is 7.11 Å². The second kappa shape index (κ2) is 10.8. The molecule has 5 nitrogen and oxygen atoms in total. The van der Waals surface area contributed by atoms with Gasteiger partial charge < -0.3 is 19.9 Å². The number of benzene rings is 1. The molecule has 146 valence electrons. The number of halogens is 1. The number of fused-ring (bicyclic) bond motifs is 1. The van der Waals surface area contributed by atoms with Crippen LogP contribution in [0.4, 0.5) is 0 Å². The predicted octanol–water partition coefficient (Wildman–Crippen LogP) is 4.21. The fourth-order valence-electron chi connectivity index (χ4n) is 2.82. The van der Waals surface area contributed by atoms with Crippen molar-refractivity contribution in [2.75, 3.05) is 33.3 Å². The second-order valence-corrected chi connectivity index (χ2v) is 6.62. The lowest BCUT2D eigenvalue weighted by molar-refractivity contribution is -0.120. The van der Waals surface area contributed by atoms with Gasteiger partial charge in [0.2, 0.25) is 0 Å². The number of carbonyl (C=O) groups is 1. The van der Waals surface area contributed by atoms with Gasteiger partial charge in [0, 0.05) is 28.2 Å². The first-order chi connectivity index (χ1) is 13.1. The molecule has 0 aliphatic carbocycles. The maximum Gasteiger partial charge on any atom is 0.286 e. The van der Waals surface area contributed by atoms with Gasteiger partial charge in [-0.3, -0.25) is 4.79 Å². The highest BCUT2D eigenvalue weighted by atomic mass is 35.5. The number of hydrogen-bond donors (Lipinski definition) is 2. The SMILES string of the molecule is CCN(CC)CCCNC(=O)/C(=C/C=C/c1cc2cc(Cl)ccc2[nH]1)OC. The molecular formula is C21H28ClN3O2. The Kier molecular flexibility index (Phi) is 8.43. The van der Waals surface area contributed by atoms with Crippen molar-refractivity contribution in [2.24, 2.45) is 0 Å². The van der Waals surface area contributed by atoms with E-state index < -0.39 is 0 Å². The van der Waals surface area contributed by atoms with Crippen molar-refractivity contribution in [3.63, 3.8) is 0 Å². The monoisotopic (exact) mass is 389 g/mol. The Morgan fingerprint density at radius 2 is 2.07 bits per heavy atom. The summed E-state index contributed by atoms with van der Waals surface area (Å²) < 4.78 is 5.20. The molecule has 0 saturated carbocycles. The number of hydrogen-bond acceptors (Lipinski definition) is 3. The van der Waals surface area contributed by atoms with Crippen molar-refractivity contribution >= 4 is 34.5 Å². The van der Waals surface area contributed by atoms with Gasteiger partial charge in [0.05, 0.1) is 7.11 Å². The lowest BCUT2D eigenvalue weighted by atomic mass is 10.2. The van der Waals surface area contributed by atoms with Crippen LogP contribution in [0, 0.1) is 0 Å². The van der Waals surface area contributed by atoms with E-state index in [1.54, 1.807) is 12.2 Å². The quantitative estimate of drug-likeness (QED) is 0.277. The zero-order valence-corrected chi connectivity index (χ0v) is 17.0. The normalized spacial score (nSPS) is 12.3. The molecule has 0 aliphatic heterocycles. The first-order valence-electron chi connectivity index (χ1n) is 9.28. The number of carbonyl (C=O) groups excluding carboxylic acids is 1. The first-order valence-corrected chi connectivity index (χ1v) is 9.66. The van der Waals surface area contributed by atoms with Gasteiger partial charge in [-0.15, -0.1) is 0 Å². The van der Waals surface area contributed by atoms with Gasteiger partial charge in [0.15, 0.2) is 5.76 Å². The summed E-state index contributed by atoms with van der Waals surface area (Å²) in [6, 6.07) is 7.70. The number of rotatable bonds is 10. The fraction of sp³-hybridized carbons (Fsp3) is 0.381. The van der Waals surface area contributed by atoms with Gasteiger partial charge in [-0.1, -0.05) is 31.5 Å². The third-order valence-corrected chi connectivity index (χ3v) is 4.64. The molecule has 0 aliphatic rings. The van der Waals surface area contributed by atoms with Crippen LogP contribution in [-0.4, -0.2) is 49.1 Å². The van der Waals surface area contributed by atoms with Gasteiger partial charge in [-0.2, -0.15) is 0 Å². The third kappa shape index (κ3) is 6.45. The molecule has 1 amide bonds. The predicted molar refractivity (Wildman–Crippen MR) is 113 cm³/mol. The molecule has 27 heavy (non-hydrogen) atoms. The number of nitrogens with zero attached hydrogens (tertiary/aromatic N) is 1. The number of nitrogens with one attached hydrogen (secondary N) is 2. The van der Waals surface area contributed by atoms with Crippen molar-refractivity contribution in [3.8, 4) is 0 Å². The molecule has 0 unspecified atom stereocenters. The molecule has 2 N–H and O–H groups in total. The molecule has 2 aromatic rings. The number of amides is 1. The summed E-state index contributed by atoms with van der Waals surface area (Å²) >= 11 is 6.01. The van der Waals surface area contributed by atoms with Crippen LogP contribution < -0.4 is 5.32 Å². The largest absolute Gasteiger partial charge is 0.491 e. The van der Waals surface area contributed by atoms with Gasteiger partial charge in [0.25, 0.3) is 5.91 Å². The molecule has 0 saturated heterocycles. The van der Waals surface area contributed by atoms with E-state index in [-0.39, 0.29) is 11.7 Å². The minimum absolute atomic E-state index is 0.204. The maximum absolute atomic E-state index is 12.2.